The van der Waals surface area contributed by atoms with E-state index in [9.17, 15) is 19.8 Å². The molecule has 0 saturated heterocycles. The molecule has 0 spiro atoms. The van der Waals surface area contributed by atoms with Crippen LogP contribution in [0.25, 0.3) is 0 Å². The summed E-state index contributed by atoms with van der Waals surface area (Å²) in [5, 5.41) is 19.5. The second-order valence-electron chi connectivity index (χ2n) is 14.8. The monoisotopic (exact) mass is 472 g/mol. The Hall–Kier alpha value is -1.32. The van der Waals surface area contributed by atoms with Gasteiger partial charge in [0.2, 0.25) is 0 Å². The van der Waals surface area contributed by atoms with Crippen molar-refractivity contribution in [1.82, 2.24) is 0 Å². The van der Waals surface area contributed by atoms with Crippen LogP contribution in [0.3, 0.4) is 0 Å². The first-order valence-corrected chi connectivity index (χ1v) is 13.7. The summed E-state index contributed by atoms with van der Waals surface area (Å²) >= 11 is 0. The van der Waals surface area contributed by atoms with Gasteiger partial charge < -0.3 is 10.2 Å². The maximum atomic E-state index is 11.9. The van der Waals surface area contributed by atoms with E-state index < -0.39 is 11.9 Å². The van der Waals surface area contributed by atoms with Crippen molar-refractivity contribution >= 4 is 11.9 Å². The van der Waals surface area contributed by atoms with E-state index in [1.54, 1.807) is 5.57 Å². The first-order chi connectivity index (χ1) is 15.6. The maximum absolute atomic E-state index is 11.9. The number of rotatable bonds is 7. The SMILES string of the molecule is CC(C)(CC(=O)O)C12CCCC(=CC(C)(C3(C)CC4CCCC(C(C)(C)CC(=O)O)(C4)C3)C1)C2. The largest absolute Gasteiger partial charge is 0.481 e. The molecular formula is C30H48O4. The van der Waals surface area contributed by atoms with Gasteiger partial charge in [-0.2, -0.15) is 0 Å². The van der Waals surface area contributed by atoms with Crippen molar-refractivity contribution in [2.75, 3.05) is 0 Å². The van der Waals surface area contributed by atoms with Crippen LogP contribution in [0.4, 0.5) is 0 Å². The summed E-state index contributed by atoms with van der Waals surface area (Å²) in [5.74, 6) is -0.695. The van der Waals surface area contributed by atoms with Gasteiger partial charge >= 0.3 is 11.9 Å². The Morgan fingerprint density at radius 3 is 2.12 bits per heavy atom. The van der Waals surface area contributed by atoms with Gasteiger partial charge in [-0.3, -0.25) is 9.59 Å². The molecule has 0 aromatic heterocycles. The topological polar surface area (TPSA) is 74.6 Å². The minimum absolute atomic E-state index is 0.0113. The second kappa shape index (κ2) is 8.10. The summed E-state index contributed by atoms with van der Waals surface area (Å²) in [6, 6.07) is 0. The van der Waals surface area contributed by atoms with Crippen molar-refractivity contribution in [2.24, 2.45) is 38.4 Å². The Balaban J connectivity index is 1.75. The Labute approximate surface area is 207 Å². The maximum Gasteiger partial charge on any atom is 0.303 e. The summed E-state index contributed by atoms with van der Waals surface area (Å²) in [5.41, 5.74) is 1.28. The van der Waals surface area contributed by atoms with Crippen LogP contribution >= 0.6 is 0 Å². The number of aliphatic carboxylic acids is 2. The first kappa shape index (κ1) is 25.8. The third kappa shape index (κ3) is 4.05. The molecule has 0 radical (unpaired) electrons. The van der Waals surface area contributed by atoms with E-state index in [4.69, 9.17) is 0 Å². The van der Waals surface area contributed by atoms with Crippen molar-refractivity contribution in [3.63, 3.8) is 0 Å². The minimum Gasteiger partial charge on any atom is -0.481 e. The van der Waals surface area contributed by atoms with E-state index in [1.165, 1.54) is 32.1 Å². The fourth-order valence-electron chi connectivity index (χ4n) is 9.65. The van der Waals surface area contributed by atoms with Gasteiger partial charge in [-0.05, 0) is 96.2 Å². The van der Waals surface area contributed by atoms with Gasteiger partial charge in [-0.15, -0.1) is 0 Å². The van der Waals surface area contributed by atoms with E-state index in [2.05, 4.69) is 47.6 Å². The number of allylic oxidation sites excluding steroid dienone is 2. The summed E-state index contributed by atoms with van der Waals surface area (Å²) in [6.45, 7) is 13.8. The highest BCUT2D eigenvalue weighted by molar-refractivity contribution is 5.68. The number of carboxylic acids is 2. The zero-order valence-electron chi connectivity index (χ0n) is 22.6. The lowest BCUT2D eigenvalue weighted by Gasteiger charge is -2.66. The van der Waals surface area contributed by atoms with E-state index in [0.717, 1.165) is 38.5 Å². The smallest absolute Gasteiger partial charge is 0.303 e. The van der Waals surface area contributed by atoms with Gasteiger partial charge in [0, 0.05) is 0 Å². The van der Waals surface area contributed by atoms with Crippen molar-refractivity contribution in [3.8, 4) is 0 Å². The van der Waals surface area contributed by atoms with Gasteiger partial charge in [-0.1, -0.05) is 66.0 Å². The minimum atomic E-state index is -0.685. The predicted octanol–water partition coefficient (Wildman–Crippen LogP) is 7.86. The molecule has 2 N–H and O–H groups in total. The normalized spacial score (nSPS) is 40.4. The average molecular weight is 473 g/mol. The molecule has 0 aromatic rings. The Kier molecular flexibility index (Phi) is 6.14. The summed E-state index contributed by atoms with van der Waals surface area (Å²) in [7, 11) is 0. The standard InChI is InChI=1S/C30H48O4/c1-25(2,17-23(31)32)29-11-7-9-21(15-29)13-27(5,19-29)28(6)14-22-10-8-12-30(16-22,20-28)26(3,4)18-24(33)34/h13,22H,7-12,14-20H2,1-6H3,(H,31,32)(H,33,34). The molecule has 192 valence electrons. The molecule has 5 unspecified atom stereocenters. The molecule has 4 aliphatic carbocycles. The van der Waals surface area contributed by atoms with Crippen LogP contribution in [0.5, 0.6) is 0 Å². The average Bonchev–Trinajstić information content (AvgIpc) is 2.65. The number of carbonyl (C=O) groups is 2. The van der Waals surface area contributed by atoms with Crippen LogP contribution in [-0.2, 0) is 9.59 Å². The van der Waals surface area contributed by atoms with Gasteiger partial charge in [0.25, 0.3) is 0 Å². The molecule has 0 aromatic carbocycles. The molecule has 5 atom stereocenters. The zero-order valence-corrected chi connectivity index (χ0v) is 22.6. The lowest BCUT2D eigenvalue weighted by Crippen LogP contribution is -2.57. The van der Waals surface area contributed by atoms with Crippen LogP contribution < -0.4 is 0 Å². The number of fused-ring (bicyclic) bond motifs is 4. The Morgan fingerprint density at radius 2 is 1.50 bits per heavy atom. The van der Waals surface area contributed by atoms with E-state index >= 15 is 0 Å². The molecule has 0 aliphatic heterocycles. The predicted molar refractivity (Wildman–Crippen MR) is 136 cm³/mol. The van der Waals surface area contributed by atoms with Crippen molar-refractivity contribution < 1.29 is 19.8 Å². The first-order valence-electron chi connectivity index (χ1n) is 13.7. The van der Waals surface area contributed by atoms with Crippen molar-refractivity contribution in [3.05, 3.63) is 11.6 Å². The molecule has 0 heterocycles. The molecule has 4 aliphatic rings. The molecule has 4 nitrogen and oxygen atoms in total. The molecule has 3 fully saturated rings. The van der Waals surface area contributed by atoms with Crippen molar-refractivity contribution in [2.45, 2.75) is 125 Å². The van der Waals surface area contributed by atoms with Crippen LogP contribution in [0.1, 0.15) is 125 Å². The second-order valence-corrected chi connectivity index (χ2v) is 14.8. The quantitative estimate of drug-likeness (QED) is 0.370. The molecule has 4 rings (SSSR count). The molecule has 3 saturated carbocycles. The van der Waals surface area contributed by atoms with Crippen LogP contribution in [-0.4, -0.2) is 22.2 Å². The molecule has 4 heteroatoms. The third-order valence-corrected chi connectivity index (χ3v) is 11.8. The fraction of sp³-hybridized carbons (Fsp3) is 0.867. The van der Waals surface area contributed by atoms with Gasteiger partial charge in [0.15, 0.2) is 0 Å². The number of hydrogen-bond donors (Lipinski definition) is 2. The highest BCUT2D eigenvalue weighted by Crippen LogP contribution is 2.72. The van der Waals surface area contributed by atoms with Gasteiger partial charge in [0.1, 0.15) is 0 Å². The Bertz CT molecular complexity index is 884. The fourth-order valence-corrected chi connectivity index (χ4v) is 9.65. The van der Waals surface area contributed by atoms with Gasteiger partial charge in [0.05, 0.1) is 12.8 Å². The van der Waals surface area contributed by atoms with E-state index in [0.29, 0.717) is 5.92 Å². The van der Waals surface area contributed by atoms with E-state index in [-0.39, 0.29) is 45.3 Å². The summed E-state index contributed by atoms with van der Waals surface area (Å²) in [6.07, 6.45) is 15.7. The third-order valence-electron chi connectivity index (χ3n) is 11.8. The molecular weight excluding hydrogens is 424 g/mol. The van der Waals surface area contributed by atoms with Crippen LogP contribution in [0.15, 0.2) is 11.6 Å². The highest BCUT2D eigenvalue weighted by Gasteiger charge is 2.62. The van der Waals surface area contributed by atoms with E-state index in [1.807, 2.05) is 0 Å². The van der Waals surface area contributed by atoms with Gasteiger partial charge in [-0.25, -0.2) is 0 Å². The lowest BCUT2D eigenvalue weighted by molar-refractivity contribution is -0.159. The molecule has 0 amide bonds. The summed E-state index contributed by atoms with van der Waals surface area (Å²) < 4.78 is 0. The number of carboxylic acid groups (broad SMARTS) is 2. The molecule has 34 heavy (non-hydrogen) atoms. The Morgan fingerprint density at radius 1 is 0.912 bits per heavy atom. The highest BCUT2D eigenvalue weighted by atomic mass is 16.4. The lowest BCUT2D eigenvalue weighted by atomic mass is 9.38. The van der Waals surface area contributed by atoms with Crippen LogP contribution in [0.2, 0.25) is 0 Å². The molecule has 4 bridgehead atoms. The zero-order chi connectivity index (χ0) is 25.2. The summed E-state index contributed by atoms with van der Waals surface area (Å²) in [4.78, 5) is 23.7. The van der Waals surface area contributed by atoms with Crippen molar-refractivity contribution in [1.29, 1.82) is 0 Å². The number of hydrogen-bond acceptors (Lipinski definition) is 2. The van der Waals surface area contributed by atoms with Crippen LogP contribution in [0, 0.1) is 38.4 Å².